The lowest BCUT2D eigenvalue weighted by molar-refractivity contribution is -0.145. The molecule has 0 radical (unpaired) electrons. The molecule has 0 aliphatic rings. The van der Waals surface area contributed by atoms with E-state index in [0.717, 1.165) is 12.8 Å². The molecule has 0 heterocycles. The first-order chi connectivity index (χ1) is 17.7. The number of hydrogen-bond acceptors (Lipinski definition) is 2. The van der Waals surface area contributed by atoms with Gasteiger partial charge in [0.05, 0.1) is 6.61 Å². The van der Waals surface area contributed by atoms with E-state index in [9.17, 15) is 4.79 Å². The molecule has 0 N–H and O–H groups in total. The fourth-order valence-electron chi connectivity index (χ4n) is 5.01. The molecule has 2 heteroatoms. The smallest absolute Gasteiger partial charge is 0.305 e. The fraction of sp³-hybridized carbons (Fsp3) is 0.912. The molecule has 36 heavy (non-hydrogen) atoms. The van der Waals surface area contributed by atoms with Crippen molar-refractivity contribution in [2.24, 2.45) is 5.92 Å². The topological polar surface area (TPSA) is 26.3 Å². The van der Waals surface area contributed by atoms with Crippen LogP contribution in [0.25, 0.3) is 0 Å². The SMILES string of the molecule is CCCCCCCC/C=C/CCCCCCCC(=O)OCC(CCCCCC)CCCCCCCC. The van der Waals surface area contributed by atoms with Gasteiger partial charge in [-0.15, -0.1) is 0 Å². The summed E-state index contributed by atoms with van der Waals surface area (Å²) in [6, 6.07) is 0. The maximum Gasteiger partial charge on any atom is 0.305 e. The van der Waals surface area contributed by atoms with Gasteiger partial charge in [0, 0.05) is 6.42 Å². The average Bonchev–Trinajstić information content (AvgIpc) is 2.88. The fourth-order valence-corrected chi connectivity index (χ4v) is 5.01. The Labute approximate surface area is 227 Å². The molecule has 0 spiro atoms. The van der Waals surface area contributed by atoms with Crippen molar-refractivity contribution in [3.05, 3.63) is 12.2 Å². The number of hydrogen-bond donors (Lipinski definition) is 0. The molecule has 0 aliphatic carbocycles. The van der Waals surface area contributed by atoms with Gasteiger partial charge in [-0.3, -0.25) is 4.79 Å². The maximum atomic E-state index is 12.3. The van der Waals surface area contributed by atoms with Gasteiger partial charge in [0.25, 0.3) is 0 Å². The second kappa shape index (κ2) is 30.4. The third-order valence-electron chi connectivity index (χ3n) is 7.55. The van der Waals surface area contributed by atoms with Gasteiger partial charge < -0.3 is 4.74 Å². The first-order valence-electron chi connectivity index (χ1n) is 16.5. The molecule has 0 amide bonds. The Morgan fingerprint density at radius 2 is 0.917 bits per heavy atom. The predicted octanol–water partition coefficient (Wildman–Crippen LogP) is 11.9. The summed E-state index contributed by atoms with van der Waals surface area (Å²) in [5, 5.41) is 0. The Kier molecular flexibility index (Phi) is 29.8. The first-order valence-corrected chi connectivity index (χ1v) is 16.5. The molecule has 0 aromatic rings. The highest BCUT2D eigenvalue weighted by atomic mass is 16.5. The summed E-state index contributed by atoms with van der Waals surface area (Å²) in [7, 11) is 0. The van der Waals surface area contributed by atoms with Gasteiger partial charge in [-0.2, -0.15) is 0 Å². The van der Waals surface area contributed by atoms with Crippen molar-refractivity contribution in [1.82, 2.24) is 0 Å². The van der Waals surface area contributed by atoms with E-state index >= 15 is 0 Å². The molecule has 0 saturated heterocycles. The van der Waals surface area contributed by atoms with Crippen molar-refractivity contribution >= 4 is 5.97 Å². The van der Waals surface area contributed by atoms with Crippen LogP contribution < -0.4 is 0 Å². The van der Waals surface area contributed by atoms with E-state index in [1.54, 1.807) is 0 Å². The van der Waals surface area contributed by atoms with E-state index in [2.05, 4.69) is 32.9 Å². The van der Waals surface area contributed by atoms with Crippen molar-refractivity contribution < 1.29 is 9.53 Å². The molecule has 0 bridgehead atoms. The van der Waals surface area contributed by atoms with Crippen LogP contribution in [-0.4, -0.2) is 12.6 Å². The van der Waals surface area contributed by atoms with Crippen LogP contribution in [0, 0.1) is 5.92 Å². The lowest BCUT2D eigenvalue weighted by Gasteiger charge is -2.17. The first kappa shape index (κ1) is 35.2. The Morgan fingerprint density at radius 1 is 0.528 bits per heavy atom. The molecule has 0 saturated carbocycles. The minimum atomic E-state index is 0.0362. The van der Waals surface area contributed by atoms with Gasteiger partial charge >= 0.3 is 5.97 Å². The molecule has 0 fully saturated rings. The molecule has 1 unspecified atom stereocenters. The second-order valence-corrected chi connectivity index (χ2v) is 11.3. The van der Waals surface area contributed by atoms with E-state index in [1.807, 2.05) is 0 Å². The van der Waals surface area contributed by atoms with Gasteiger partial charge in [0.1, 0.15) is 0 Å². The standard InChI is InChI=1S/C34H66O2/c1-4-7-10-13-15-16-17-18-19-20-21-22-23-25-28-31-34(35)36-32-33(29-26-12-9-6-3)30-27-24-14-11-8-5-2/h18-19,33H,4-17,20-32H2,1-3H3/b19-18+. The normalized spacial score (nSPS) is 12.4. The summed E-state index contributed by atoms with van der Waals surface area (Å²) in [4.78, 5) is 12.3. The van der Waals surface area contributed by atoms with Crippen LogP contribution in [0.5, 0.6) is 0 Å². The number of rotatable bonds is 29. The van der Waals surface area contributed by atoms with Gasteiger partial charge in [-0.1, -0.05) is 148 Å². The Balaban J connectivity index is 3.73. The lowest BCUT2D eigenvalue weighted by Crippen LogP contribution is -2.14. The number of allylic oxidation sites excluding steroid dienone is 2. The number of carbonyl (C=O) groups excluding carboxylic acids is 1. The van der Waals surface area contributed by atoms with Gasteiger partial charge in [-0.05, 0) is 50.9 Å². The molecule has 0 aliphatic heterocycles. The minimum absolute atomic E-state index is 0.0362. The average molecular weight is 507 g/mol. The van der Waals surface area contributed by atoms with Gasteiger partial charge in [0.15, 0.2) is 0 Å². The molecule has 0 aromatic heterocycles. The van der Waals surface area contributed by atoms with Gasteiger partial charge in [0.2, 0.25) is 0 Å². The van der Waals surface area contributed by atoms with Crippen LogP contribution in [0.3, 0.4) is 0 Å². The van der Waals surface area contributed by atoms with Crippen molar-refractivity contribution in [3.63, 3.8) is 0 Å². The predicted molar refractivity (Wildman–Crippen MR) is 161 cm³/mol. The second-order valence-electron chi connectivity index (χ2n) is 11.3. The molecular weight excluding hydrogens is 440 g/mol. The highest BCUT2D eigenvalue weighted by Gasteiger charge is 2.12. The largest absolute Gasteiger partial charge is 0.465 e. The van der Waals surface area contributed by atoms with Gasteiger partial charge in [-0.25, -0.2) is 0 Å². The van der Waals surface area contributed by atoms with E-state index in [1.165, 1.54) is 148 Å². The van der Waals surface area contributed by atoms with Crippen LogP contribution >= 0.6 is 0 Å². The molecular formula is C34H66O2. The van der Waals surface area contributed by atoms with Crippen molar-refractivity contribution in [2.75, 3.05) is 6.61 Å². The summed E-state index contributed by atoms with van der Waals surface area (Å²) in [6.07, 6.45) is 37.9. The minimum Gasteiger partial charge on any atom is -0.465 e. The molecule has 2 nitrogen and oxygen atoms in total. The zero-order valence-corrected chi connectivity index (χ0v) is 25.1. The number of carbonyl (C=O) groups is 1. The van der Waals surface area contributed by atoms with Crippen LogP contribution in [0.4, 0.5) is 0 Å². The number of ether oxygens (including phenoxy) is 1. The highest BCUT2D eigenvalue weighted by Crippen LogP contribution is 2.20. The molecule has 0 rings (SSSR count). The lowest BCUT2D eigenvalue weighted by atomic mass is 9.95. The summed E-state index contributed by atoms with van der Waals surface area (Å²) in [5.41, 5.74) is 0. The van der Waals surface area contributed by atoms with Crippen LogP contribution in [-0.2, 0) is 9.53 Å². The monoisotopic (exact) mass is 507 g/mol. The van der Waals surface area contributed by atoms with E-state index in [0.29, 0.717) is 18.9 Å². The van der Waals surface area contributed by atoms with Crippen LogP contribution in [0.15, 0.2) is 12.2 Å². The van der Waals surface area contributed by atoms with E-state index in [4.69, 9.17) is 4.74 Å². The molecule has 1 atom stereocenters. The van der Waals surface area contributed by atoms with E-state index < -0.39 is 0 Å². The third-order valence-corrected chi connectivity index (χ3v) is 7.55. The maximum absolute atomic E-state index is 12.3. The summed E-state index contributed by atoms with van der Waals surface area (Å²) >= 11 is 0. The highest BCUT2D eigenvalue weighted by molar-refractivity contribution is 5.69. The Hall–Kier alpha value is -0.790. The zero-order chi connectivity index (χ0) is 26.4. The quantitative estimate of drug-likeness (QED) is 0.0572. The summed E-state index contributed by atoms with van der Waals surface area (Å²) in [5.74, 6) is 0.611. The number of unbranched alkanes of at least 4 members (excludes halogenated alkanes) is 19. The molecule has 214 valence electrons. The van der Waals surface area contributed by atoms with Crippen LogP contribution in [0.1, 0.15) is 188 Å². The summed E-state index contributed by atoms with van der Waals surface area (Å²) in [6.45, 7) is 7.48. The van der Waals surface area contributed by atoms with Crippen molar-refractivity contribution in [2.45, 2.75) is 188 Å². The van der Waals surface area contributed by atoms with Crippen LogP contribution in [0.2, 0.25) is 0 Å². The summed E-state index contributed by atoms with van der Waals surface area (Å²) < 4.78 is 5.73. The Morgan fingerprint density at radius 3 is 1.42 bits per heavy atom. The number of esters is 1. The van der Waals surface area contributed by atoms with E-state index in [-0.39, 0.29) is 5.97 Å². The zero-order valence-electron chi connectivity index (χ0n) is 25.1. The Bertz CT molecular complexity index is 456. The third kappa shape index (κ3) is 27.8. The molecule has 0 aromatic carbocycles. The van der Waals surface area contributed by atoms with Crippen molar-refractivity contribution in [1.29, 1.82) is 0 Å². The van der Waals surface area contributed by atoms with Crippen molar-refractivity contribution in [3.8, 4) is 0 Å².